The molecule has 1 amide bonds. The number of para-hydroxylation sites is 1. The number of carbonyl (C=O) groups is 1. The van der Waals surface area contributed by atoms with Crippen molar-refractivity contribution in [3.63, 3.8) is 0 Å². The standard InChI is InChI=1S/C17H11Cl3N2OS/c18-10-7-12(19)17(13(20)8-10)22-16(23)9-24-15-5-6-21-14-4-2-1-3-11(14)15/h1-8H,9H2,(H,22,23). The minimum Gasteiger partial charge on any atom is -0.323 e. The number of hydrogen-bond donors (Lipinski definition) is 1. The molecule has 3 rings (SSSR count). The normalized spacial score (nSPS) is 10.8. The van der Waals surface area contributed by atoms with E-state index in [0.717, 1.165) is 15.8 Å². The highest BCUT2D eigenvalue weighted by atomic mass is 35.5. The van der Waals surface area contributed by atoms with Gasteiger partial charge in [-0.1, -0.05) is 53.0 Å². The smallest absolute Gasteiger partial charge is 0.234 e. The van der Waals surface area contributed by atoms with Crippen LogP contribution in [0.15, 0.2) is 53.6 Å². The summed E-state index contributed by atoms with van der Waals surface area (Å²) in [5.74, 6) is 0.0237. The Morgan fingerprint density at radius 3 is 2.54 bits per heavy atom. The summed E-state index contributed by atoms with van der Waals surface area (Å²) in [5.41, 5.74) is 1.26. The van der Waals surface area contributed by atoms with Crippen molar-refractivity contribution >= 4 is 69.1 Å². The van der Waals surface area contributed by atoms with Gasteiger partial charge in [-0.15, -0.1) is 11.8 Å². The Kier molecular flexibility index (Phi) is 5.51. The van der Waals surface area contributed by atoms with Gasteiger partial charge in [-0.3, -0.25) is 9.78 Å². The average Bonchev–Trinajstić information content (AvgIpc) is 2.56. The summed E-state index contributed by atoms with van der Waals surface area (Å²) in [6, 6.07) is 12.8. The Labute approximate surface area is 158 Å². The molecule has 3 nitrogen and oxygen atoms in total. The monoisotopic (exact) mass is 396 g/mol. The lowest BCUT2D eigenvalue weighted by Crippen LogP contribution is -2.14. The van der Waals surface area contributed by atoms with Gasteiger partial charge in [0.05, 0.1) is 27.0 Å². The second kappa shape index (κ2) is 7.62. The van der Waals surface area contributed by atoms with Crippen LogP contribution in [0.1, 0.15) is 0 Å². The lowest BCUT2D eigenvalue weighted by atomic mass is 10.2. The first-order valence-corrected chi connectivity index (χ1v) is 9.07. The molecule has 1 heterocycles. The summed E-state index contributed by atoms with van der Waals surface area (Å²) < 4.78 is 0. The molecule has 0 unspecified atom stereocenters. The second-order valence-corrected chi connectivity index (χ2v) is 7.18. The van der Waals surface area contributed by atoms with E-state index in [1.54, 1.807) is 6.20 Å². The lowest BCUT2D eigenvalue weighted by Gasteiger charge is -2.10. The highest BCUT2D eigenvalue weighted by Gasteiger charge is 2.12. The minimum absolute atomic E-state index is 0.202. The molecule has 7 heteroatoms. The van der Waals surface area contributed by atoms with Gasteiger partial charge >= 0.3 is 0 Å². The van der Waals surface area contributed by atoms with Crippen LogP contribution in [-0.2, 0) is 4.79 Å². The van der Waals surface area contributed by atoms with Crippen LogP contribution in [-0.4, -0.2) is 16.6 Å². The van der Waals surface area contributed by atoms with Gasteiger partial charge in [0.1, 0.15) is 0 Å². The molecule has 0 saturated heterocycles. The van der Waals surface area contributed by atoms with Crippen LogP contribution in [0.2, 0.25) is 15.1 Å². The van der Waals surface area contributed by atoms with Crippen molar-refractivity contribution in [3.8, 4) is 0 Å². The predicted octanol–water partition coefficient (Wildman–Crippen LogP) is 5.93. The maximum Gasteiger partial charge on any atom is 0.234 e. The number of pyridine rings is 1. The fourth-order valence-corrected chi connectivity index (χ4v) is 3.93. The molecule has 1 N–H and O–H groups in total. The Bertz CT molecular complexity index is 889. The van der Waals surface area contributed by atoms with Crippen molar-refractivity contribution in [3.05, 3.63) is 63.7 Å². The first kappa shape index (κ1) is 17.4. The third-order valence-electron chi connectivity index (χ3n) is 3.24. The first-order chi connectivity index (χ1) is 11.5. The van der Waals surface area contributed by atoms with Crippen LogP contribution in [0.5, 0.6) is 0 Å². The van der Waals surface area contributed by atoms with Gasteiger partial charge in [0.2, 0.25) is 5.91 Å². The fourth-order valence-electron chi connectivity index (χ4n) is 2.18. The summed E-state index contributed by atoms with van der Waals surface area (Å²) in [6.45, 7) is 0. The van der Waals surface area contributed by atoms with E-state index in [9.17, 15) is 4.79 Å². The molecule has 0 spiro atoms. The van der Waals surface area contributed by atoms with E-state index < -0.39 is 0 Å². The molecule has 0 radical (unpaired) electrons. The van der Waals surface area contributed by atoms with Gasteiger partial charge in [-0.25, -0.2) is 0 Å². The molecule has 0 atom stereocenters. The van der Waals surface area contributed by atoms with E-state index in [4.69, 9.17) is 34.8 Å². The summed E-state index contributed by atoms with van der Waals surface area (Å²) in [4.78, 5) is 17.5. The maximum absolute atomic E-state index is 12.2. The number of rotatable bonds is 4. The van der Waals surface area contributed by atoms with E-state index in [1.165, 1.54) is 23.9 Å². The zero-order chi connectivity index (χ0) is 17.1. The van der Waals surface area contributed by atoms with Gasteiger partial charge in [0.25, 0.3) is 0 Å². The van der Waals surface area contributed by atoms with E-state index in [2.05, 4.69) is 10.3 Å². The van der Waals surface area contributed by atoms with Crippen molar-refractivity contribution in [2.45, 2.75) is 4.90 Å². The second-order valence-electron chi connectivity index (χ2n) is 4.91. The molecule has 24 heavy (non-hydrogen) atoms. The Balaban J connectivity index is 1.72. The van der Waals surface area contributed by atoms with E-state index >= 15 is 0 Å². The maximum atomic E-state index is 12.2. The van der Waals surface area contributed by atoms with Crippen molar-refractivity contribution in [1.29, 1.82) is 0 Å². The number of thioether (sulfide) groups is 1. The molecule has 0 saturated carbocycles. The van der Waals surface area contributed by atoms with Gasteiger partial charge < -0.3 is 5.32 Å². The predicted molar refractivity (Wildman–Crippen MR) is 103 cm³/mol. The van der Waals surface area contributed by atoms with Crippen LogP contribution < -0.4 is 5.32 Å². The number of amides is 1. The number of nitrogens with zero attached hydrogens (tertiary/aromatic N) is 1. The van der Waals surface area contributed by atoms with Gasteiger partial charge in [0.15, 0.2) is 0 Å². The topological polar surface area (TPSA) is 42.0 Å². The number of anilines is 1. The molecule has 1 aromatic heterocycles. The molecule has 0 bridgehead atoms. The number of hydrogen-bond acceptors (Lipinski definition) is 3. The van der Waals surface area contributed by atoms with Crippen molar-refractivity contribution < 1.29 is 4.79 Å². The number of carbonyl (C=O) groups excluding carboxylic acids is 1. The van der Waals surface area contributed by atoms with E-state index in [1.807, 2.05) is 30.3 Å². The van der Waals surface area contributed by atoms with Crippen molar-refractivity contribution in [2.24, 2.45) is 0 Å². The van der Waals surface area contributed by atoms with Crippen molar-refractivity contribution in [1.82, 2.24) is 4.98 Å². The first-order valence-electron chi connectivity index (χ1n) is 6.95. The molecular formula is C17H11Cl3N2OS. The highest BCUT2D eigenvalue weighted by Crippen LogP contribution is 2.34. The largest absolute Gasteiger partial charge is 0.323 e. The molecule has 2 aromatic carbocycles. The quantitative estimate of drug-likeness (QED) is 0.555. The van der Waals surface area contributed by atoms with Gasteiger partial charge in [0, 0.05) is 21.5 Å². The molecule has 0 aliphatic heterocycles. The van der Waals surface area contributed by atoms with Crippen LogP contribution in [0.3, 0.4) is 0 Å². The van der Waals surface area contributed by atoms with Crippen LogP contribution in [0.25, 0.3) is 10.9 Å². The number of benzene rings is 2. The summed E-state index contributed by atoms with van der Waals surface area (Å²) in [7, 11) is 0. The summed E-state index contributed by atoms with van der Waals surface area (Å²) in [6.07, 6.45) is 1.73. The Morgan fingerprint density at radius 2 is 1.79 bits per heavy atom. The fraction of sp³-hybridized carbons (Fsp3) is 0.0588. The van der Waals surface area contributed by atoms with Crippen LogP contribution in [0, 0.1) is 0 Å². The highest BCUT2D eigenvalue weighted by molar-refractivity contribution is 8.00. The van der Waals surface area contributed by atoms with E-state index in [0.29, 0.717) is 20.8 Å². The van der Waals surface area contributed by atoms with Gasteiger partial charge in [-0.2, -0.15) is 0 Å². The molecule has 0 aliphatic rings. The SMILES string of the molecule is O=C(CSc1ccnc2ccccc12)Nc1c(Cl)cc(Cl)cc1Cl. The number of aromatic nitrogens is 1. The van der Waals surface area contributed by atoms with Gasteiger partial charge in [-0.05, 0) is 24.3 Å². The zero-order valence-corrected chi connectivity index (χ0v) is 15.3. The third kappa shape index (κ3) is 3.95. The summed E-state index contributed by atoms with van der Waals surface area (Å²) >= 11 is 19.4. The number of halogens is 3. The third-order valence-corrected chi connectivity index (χ3v) is 5.13. The van der Waals surface area contributed by atoms with Crippen LogP contribution in [0.4, 0.5) is 5.69 Å². The Hall–Kier alpha value is -1.46. The molecule has 0 aliphatic carbocycles. The van der Waals surface area contributed by atoms with Crippen LogP contribution >= 0.6 is 46.6 Å². The molecule has 3 aromatic rings. The Morgan fingerprint density at radius 1 is 1.08 bits per heavy atom. The molecule has 0 fully saturated rings. The van der Waals surface area contributed by atoms with E-state index in [-0.39, 0.29) is 11.7 Å². The summed E-state index contributed by atoms with van der Waals surface area (Å²) in [5, 5.41) is 4.77. The number of nitrogens with one attached hydrogen (secondary N) is 1. The lowest BCUT2D eigenvalue weighted by molar-refractivity contribution is -0.113. The number of fused-ring (bicyclic) bond motifs is 1. The zero-order valence-electron chi connectivity index (χ0n) is 12.2. The molecule has 122 valence electrons. The minimum atomic E-state index is -0.202. The van der Waals surface area contributed by atoms with Crippen molar-refractivity contribution in [2.75, 3.05) is 11.1 Å². The average molecular weight is 398 g/mol. The molecular weight excluding hydrogens is 387 g/mol.